The van der Waals surface area contributed by atoms with Crippen LogP contribution in [0.3, 0.4) is 0 Å². The van der Waals surface area contributed by atoms with Crippen LogP contribution < -0.4 is 10.6 Å². The van der Waals surface area contributed by atoms with Crippen molar-refractivity contribution < 1.29 is 14.0 Å². The van der Waals surface area contributed by atoms with Crippen LogP contribution in [0.4, 0.5) is 9.52 Å². The van der Waals surface area contributed by atoms with Gasteiger partial charge in [-0.2, -0.15) is 0 Å². The number of hydrogen-bond acceptors (Lipinski definition) is 6. The summed E-state index contributed by atoms with van der Waals surface area (Å²) in [5, 5.41) is 8.27. The number of aryl methyl sites for hydroxylation is 1. The van der Waals surface area contributed by atoms with Gasteiger partial charge in [-0.05, 0) is 42.7 Å². The van der Waals surface area contributed by atoms with E-state index in [-0.39, 0.29) is 30.1 Å². The van der Waals surface area contributed by atoms with Crippen molar-refractivity contribution >= 4 is 40.7 Å². The molecule has 1 saturated heterocycles. The Kier molecular flexibility index (Phi) is 7.34. The van der Waals surface area contributed by atoms with E-state index in [4.69, 9.17) is 0 Å². The van der Waals surface area contributed by atoms with Gasteiger partial charge in [0.2, 0.25) is 0 Å². The van der Waals surface area contributed by atoms with Crippen LogP contribution in [-0.2, 0) is 24.3 Å². The summed E-state index contributed by atoms with van der Waals surface area (Å²) in [6.07, 6.45) is 5.01. The minimum Gasteiger partial charge on any atom is -0.334 e. The molecule has 0 saturated carbocycles. The Balaban J connectivity index is 0.00000302. The van der Waals surface area contributed by atoms with E-state index in [0.29, 0.717) is 22.3 Å². The fourth-order valence-electron chi connectivity index (χ4n) is 5.58. The summed E-state index contributed by atoms with van der Waals surface area (Å²) in [6, 6.07) is 10.0. The normalized spacial score (nSPS) is 16.2. The SMILES string of the molecule is Cl.O=C(Nc1nccs1)C(c1ncn2c1CCC2)N1Cc2c(F)cc(C#Cc3ccc(C4CNC4)cc3)cc2C1=O. The zero-order valence-electron chi connectivity index (χ0n) is 21.9. The fourth-order valence-corrected chi connectivity index (χ4v) is 6.11. The molecule has 41 heavy (non-hydrogen) atoms. The van der Waals surface area contributed by atoms with Crippen molar-refractivity contribution in [2.75, 3.05) is 18.4 Å². The Labute approximate surface area is 246 Å². The van der Waals surface area contributed by atoms with Crippen molar-refractivity contribution in [1.29, 1.82) is 0 Å². The minimum atomic E-state index is -1.02. The second-order valence-electron chi connectivity index (χ2n) is 10.2. The van der Waals surface area contributed by atoms with Gasteiger partial charge in [0.25, 0.3) is 11.8 Å². The highest BCUT2D eigenvalue weighted by Gasteiger charge is 2.42. The number of aromatic nitrogens is 3. The lowest BCUT2D eigenvalue weighted by molar-refractivity contribution is -0.121. The first-order valence-corrected chi connectivity index (χ1v) is 14.1. The van der Waals surface area contributed by atoms with Crippen LogP contribution in [0.2, 0.25) is 0 Å². The summed E-state index contributed by atoms with van der Waals surface area (Å²) in [5.74, 6) is 5.27. The van der Waals surface area contributed by atoms with Crippen LogP contribution in [-0.4, -0.2) is 44.3 Å². The van der Waals surface area contributed by atoms with Crippen LogP contribution in [0.5, 0.6) is 0 Å². The number of rotatable bonds is 5. The number of thiazole rings is 1. The van der Waals surface area contributed by atoms with Crippen LogP contribution in [0.1, 0.15) is 62.4 Å². The molecule has 0 radical (unpaired) electrons. The van der Waals surface area contributed by atoms with Gasteiger partial charge in [-0.1, -0.05) is 24.0 Å². The molecule has 7 rings (SSSR count). The second kappa shape index (κ2) is 11.1. The summed E-state index contributed by atoms with van der Waals surface area (Å²) < 4.78 is 17.4. The van der Waals surface area contributed by atoms with Gasteiger partial charge >= 0.3 is 0 Å². The number of anilines is 1. The molecular weight excluding hydrogens is 563 g/mol. The van der Waals surface area contributed by atoms with E-state index in [1.807, 2.05) is 16.7 Å². The average molecular weight is 589 g/mol. The summed E-state index contributed by atoms with van der Waals surface area (Å²) in [5.41, 5.74) is 4.43. The Morgan fingerprint density at radius 3 is 2.68 bits per heavy atom. The molecule has 0 bridgehead atoms. The lowest BCUT2D eigenvalue weighted by Crippen LogP contribution is -2.39. The van der Waals surface area contributed by atoms with Crippen LogP contribution in [0, 0.1) is 17.7 Å². The third-order valence-corrected chi connectivity index (χ3v) is 8.49. The van der Waals surface area contributed by atoms with Gasteiger partial charge in [0.15, 0.2) is 11.2 Å². The molecule has 3 aliphatic heterocycles. The maximum atomic E-state index is 15.4. The Morgan fingerprint density at radius 1 is 1.15 bits per heavy atom. The Hall–Kier alpha value is -4.04. The molecule has 4 aromatic rings. The van der Waals surface area contributed by atoms with E-state index in [0.717, 1.165) is 43.7 Å². The van der Waals surface area contributed by atoms with E-state index in [1.165, 1.54) is 27.9 Å². The van der Waals surface area contributed by atoms with Gasteiger partial charge in [0.05, 0.1) is 18.6 Å². The highest BCUT2D eigenvalue weighted by atomic mass is 35.5. The molecule has 11 heteroatoms. The highest BCUT2D eigenvalue weighted by molar-refractivity contribution is 7.13. The summed E-state index contributed by atoms with van der Waals surface area (Å²) in [4.78, 5) is 37.4. The number of carbonyl (C=O) groups is 2. The molecule has 2 amide bonds. The predicted molar refractivity (Wildman–Crippen MR) is 156 cm³/mol. The highest BCUT2D eigenvalue weighted by Crippen LogP contribution is 2.36. The van der Waals surface area contributed by atoms with Crippen LogP contribution in [0.15, 0.2) is 54.3 Å². The molecule has 0 spiro atoms. The molecule has 8 nitrogen and oxygen atoms in total. The van der Waals surface area contributed by atoms with E-state index in [9.17, 15) is 9.59 Å². The molecule has 1 unspecified atom stereocenters. The fraction of sp³-hybridized carbons (Fsp3) is 0.267. The van der Waals surface area contributed by atoms with Gasteiger partial charge in [0.1, 0.15) is 5.82 Å². The lowest BCUT2D eigenvalue weighted by Gasteiger charge is -2.27. The Bertz CT molecular complexity index is 1690. The molecule has 3 aliphatic rings. The van der Waals surface area contributed by atoms with Gasteiger partial charge in [-0.15, -0.1) is 23.7 Å². The minimum absolute atomic E-state index is 0. The molecule has 1 atom stereocenters. The van der Waals surface area contributed by atoms with Gasteiger partial charge in [-0.3, -0.25) is 14.9 Å². The van der Waals surface area contributed by atoms with E-state index < -0.39 is 23.7 Å². The predicted octanol–water partition coefficient (Wildman–Crippen LogP) is 4.27. The summed E-state index contributed by atoms with van der Waals surface area (Å²) in [7, 11) is 0. The third-order valence-electron chi connectivity index (χ3n) is 7.80. The lowest BCUT2D eigenvalue weighted by atomic mass is 9.93. The first-order valence-electron chi connectivity index (χ1n) is 13.3. The number of nitrogens with one attached hydrogen (secondary N) is 2. The number of hydrogen-bond donors (Lipinski definition) is 2. The summed E-state index contributed by atoms with van der Waals surface area (Å²) >= 11 is 1.29. The molecule has 2 N–H and O–H groups in total. The maximum absolute atomic E-state index is 15.4. The van der Waals surface area contributed by atoms with Crippen molar-refractivity contribution in [2.45, 2.75) is 37.9 Å². The number of benzene rings is 2. The number of imidazole rings is 1. The first kappa shape index (κ1) is 27.1. The average Bonchev–Trinajstić information content (AvgIpc) is 3.71. The molecule has 2 aromatic heterocycles. The monoisotopic (exact) mass is 588 g/mol. The van der Waals surface area contributed by atoms with Crippen LogP contribution >= 0.6 is 23.7 Å². The smallest absolute Gasteiger partial charge is 0.255 e. The molecule has 1 fully saturated rings. The topological polar surface area (TPSA) is 92.2 Å². The number of fused-ring (bicyclic) bond motifs is 2. The molecular formula is C30H26ClFN6O2S. The first-order chi connectivity index (χ1) is 19.5. The number of nitrogens with zero attached hydrogens (tertiary/aromatic N) is 4. The van der Waals surface area contributed by atoms with Crippen LogP contribution in [0.25, 0.3) is 0 Å². The van der Waals surface area contributed by atoms with Crippen molar-refractivity contribution in [2.24, 2.45) is 0 Å². The zero-order chi connectivity index (χ0) is 27.2. The van der Waals surface area contributed by atoms with E-state index in [1.54, 1.807) is 24.0 Å². The van der Waals surface area contributed by atoms with Gasteiger partial charge < -0.3 is 14.8 Å². The van der Waals surface area contributed by atoms with E-state index in [2.05, 4.69) is 44.6 Å². The quantitative estimate of drug-likeness (QED) is 0.340. The number of halogens is 2. The molecule has 0 aliphatic carbocycles. The van der Waals surface area contributed by atoms with Crippen molar-refractivity contribution in [3.8, 4) is 11.8 Å². The molecule has 5 heterocycles. The second-order valence-corrected chi connectivity index (χ2v) is 11.1. The summed E-state index contributed by atoms with van der Waals surface area (Å²) in [6.45, 7) is 2.75. The number of carbonyl (C=O) groups excluding carboxylic acids is 2. The van der Waals surface area contributed by atoms with E-state index >= 15 is 4.39 Å². The molecule has 2 aromatic carbocycles. The van der Waals surface area contributed by atoms with Crippen molar-refractivity contribution in [3.63, 3.8) is 0 Å². The van der Waals surface area contributed by atoms with Crippen molar-refractivity contribution in [3.05, 3.63) is 99.3 Å². The largest absolute Gasteiger partial charge is 0.334 e. The third kappa shape index (κ3) is 5.01. The Morgan fingerprint density at radius 2 is 1.95 bits per heavy atom. The van der Waals surface area contributed by atoms with Gasteiger partial charge in [-0.25, -0.2) is 14.4 Å². The number of amides is 2. The molecule has 208 valence electrons. The maximum Gasteiger partial charge on any atom is 0.255 e. The van der Waals surface area contributed by atoms with Crippen molar-refractivity contribution in [1.82, 2.24) is 24.8 Å². The van der Waals surface area contributed by atoms with Gasteiger partial charge in [0, 0.05) is 65.1 Å². The zero-order valence-corrected chi connectivity index (χ0v) is 23.5. The standard InChI is InChI=1S/C30H25FN6O2S.ClH/c31-24-13-19(4-3-18-5-7-20(8-6-18)21-14-32-15-21)12-22-23(24)16-37(29(22)39)27(28(38)35-30-33-9-11-40-30)26-25-2-1-10-36(25)17-34-26;/h5-9,11-13,17,21,27,32H,1-2,10,14-16H2,(H,33,35,38);1H.